The van der Waals surface area contributed by atoms with Crippen molar-refractivity contribution in [2.24, 2.45) is 0 Å². The molecular formula is C18H18O5. The van der Waals surface area contributed by atoms with Gasteiger partial charge in [-0.05, 0) is 30.5 Å². The van der Waals surface area contributed by atoms with E-state index >= 15 is 0 Å². The van der Waals surface area contributed by atoms with Gasteiger partial charge in [-0.15, -0.1) is 0 Å². The van der Waals surface area contributed by atoms with Crippen LogP contribution < -0.4 is 4.74 Å². The van der Waals surface area contributed by atoms with Gasteiger partial charge in [-0.3, -0.25) is 4.79 Å². The first-order valence-electron chi connectivity index (χ1n) is 7.42. The van der Waals surface area contributed by atoms with Crippen molar-refractivity contribution < 1.29 is 23.5 Å². The van der Waals surface area contributed by atoms with Crippen LogP contribution in [-0.4, -0.2) is 26.0 Å². The number of carbonyl (C=O) groups is 2. The number of methoxy groups -OCH3 is 2. The van der Waals surface area contributed by atoms with Crippen LogP contribution in [0.4, 0.5) is 0 Å². The molecule has 0 saturated carbocycles. The van der Waals surface area contributed by atoms with Gasteiger partial charge in [0.05, 0.1) is 19.8 Å². The molecule has 0 radical (unpaired) electrons. The number of furan rings is 1. The van der Waals surface area contributed by atoms with Gasteiger partial charge in [0.25, 0.3) is 0 Å². The summed E-state index contributed by atoms with van der Waals surface area (Å²) in [5.74, 6) is 0.964. The van der Waals surface area contributed by atoms with Gasteiger partial charge in [-0.1, -0.05) is 12.1 Å². The highest BCUT2D eigenvalue weighted by Crippen LogP contribution is 2.37. The Bertz CT molecular complexity index is 754. The maximum atomic E-state index is 12.5. The van der Waals surface area contributed by atoms with Crippen LogP contribution in [0.3, 0.4) is 0 Å². The number of ketones is 1. The molecule has 5 heteroatoms. The third kappa shape index (κ3) is 2.63. The Balaban J connectivity index is 1.93. The first kappa shape index (κ1) is 15.3. The smallest absolute Gasteiger partial charge is 0.374 e. The Labute approximate surface area is 134 Å². The van der Waals surface area contributed by atoms with Crippen molar-refractivity contribution >= 4 is 11.8 Å². The Hall–Kier alpha value is -2.56. The van der Waals surface area contributed by atoms with Gasteiger partial charge in [0.1, 0.15) is 11.5 Å². The van der Waals surface area contributed by atoms with Crippen molar-refractivity contribution in [3.05, 3.63) is 52.5 Å². The second-order valence-electron chi connectivity index (χ2n) is 5.65. The minimum atomic E-state index is -0.550. The third-order valence-electron chi connectivity index (χ3n) is 4.32. The lowest BCUT2D eigenvalue weighted by molar-refractivity contribution is 0.0561. The first-order valence-corrected chi connectivity index (χ1v) is 7.42. The molecule has 0 bridgehead atoms. The van der Waals surface area contributed by atoms with Crippen LogP contribution >= 0.6 is 0 Å². The quantitative estimate of drug-likeness (QED) is 0.813. The summed E-state index contributed by atoms with van der Waals surface area (Å²) >= 11 is 0. The fourth-order valence-electron chi connectivity index (χ4n) is 3.10. The molecule has 0 unspecified atom stereocenters. The van der Waals surface area contributed by atoms with Crippen LogP contribution in [0.25, 0.3) is 0 Å². The van der Waals surface area contributed by atoms with E-state index in [1.165, 1.54) is 7.11 Å². The van der Waals surface area contributed by atoms with Gasteiger partial charge in [0, 0.05) is 18.4 Å². The zero-order valence-corrected chi connectivity index (χ0v) is 13.3. The predicted molar refractivity (Wildman–Crippen MR) is 83.2 cm³/mol. The molecule has 23 heavy (non-hydrogen) atoms. The minimum absolute atomic E-state index is 0.00321. The fourth-order valence-corrected chi connectivity index (χ4v) is 3.10. The molecule has 1 aliphatic carbocycles. The molecule has 1 aromatic heterocycles. The molecule has 0 amide bonds. The lowest BCUT2D eigenvalue weighted by atomic mass is 9.82. The number of ether oxygens (including phenoxy) is 2. The van der Waals surface area contributed by atoms with Crippen molar-refractivity contribution in [1.29, 1.82) is 0 Å². The van der Waals surface area contributed by atoms with Gasteiger partial charge in [0.15, 0.2) is 5.78 Å². The number of Topliss-reactive ketones (excluding diaryl/α,β-unsaturated/α-hetero) is 1. The number of carbonyl (C=O) groups excluding carboxylic acids is 2. The highest BCUT2D eigenvalue weighted by molar-refractivity contribution is 6.03. The van der Waals surface area contributed by atoms with Crippen molar-refractivity contribution in [3.63, 3.8) is 0 Å². The van der Waals surface area contributed by atoms with Crippen molar-refractivity contribution in [3.8, 4) is 5.75 Å². The lowest BCUT2D eigenvalue weighted by Crippen LogP contribution is -2.18. The first-order chi connectivity index (χ1) is 11.0. The Morgan fingerprint density at radius 1 is 1.17 bits per heavy atom. The average molecular weight is 314 g/mol. The van der Waals surface area contributed by atoms with E-state index in [1.54, 1.807) is 14.0 Å². The van der Waals surface area contributed by atoms with Crippen molar-refractivity contribution in [2.45, 2.75) is 25.7 Å². The zero-order chi connectivity index (χ0) is 16.6. The normalized spacial score (nSPS) is 16.8. The second-order valence-corrected chi connectivity index (χ2v) is 5.65. The number of benzene rings is 1. The summed E-state index contributed by atoms with van der Waals surface area (Å²) in [5, 5.41) is 0. The molecule has 0 fully saturated rings. The summed E-state index contributed by atoms with van der Waals surface area (Å²) in [4.78, 5) is 24.2. The maximum Gasteiger partial charge on any atom is 0.374 e. The molecule has 1 atom stereocenters. The number of hydrogen-bond acceptors (Lipinski definition) is 5. The van der Waals surface area contributed by atoms with Gasteiger partial charge in [-0.2, -0.15) is 0 Å². The lowest BCUT2D eigenvalue weighted by Gasteiger charge is -2.21. The maximum absolute atomic E-state index is 12.5. The second kappa shape index (κ2) is 5.91. The van der Waals surface area contributed by atoms with Gasteiger partial charge in [0.2, 0.25) is 5.76 Å². The molecule has 0 saturated heterocycles. The van der Waals surface area contributed by atoms with Crippen LogP contribution in [0.2, 0.25) is 0 Å². The summed E-state index contributed by atoms with van der Waals surface area (Å²) in [6.07, 6.45) is 0.992. The van der Waals surface area contributed by atoms with E-state index in [0.717, 1.165) is 11.3 Å². The van der Waals surface area contributed by atoms with Crippen LogP contribution in [-0.2, 0) is 11.2 Å². The third-order valence-corrected chi connectivity index (χ3v) is 4.32. The van der Waals surface area contributed by atoms with Crippen LogP contribution in [0.15, 0.2) is 28.7 Å². The summed E-state index contributed by atoms with van der Waals surface area (Å²) in [7, 11) is 2.91. The minimum Gasteiger partial charge on any atom is -0.497 e. The van der Waals surface area contributed by atoms with Crippen LogP contribution in [0, 0.1) is 6.92 Å². The molecule has 0 spiro atoms. The molecule has 1 aliphatic rings. The summed E-state index contributed by atoms with van der Waals surface area (Å²) in [6.45, 7) is 1.72. The largest absolute Gasteiger partial charge is 0.497 e. The molecule has 1 heterocycles. The van der Waals surface area contributed by atoms with Gasteiger partial charge < -0.3 is 13.9 Å². The van der Waals surface area contributed by atoms with Gasteiger partial charge in [-0.25, -0.2) is 4.79 Å². The van der Waals surface area contributed by atoms with E-state index < -0.39 is 5.97 Å². The van der Waals surface area contributed by atoms with Gasteiger partial charge >= 0.3 is 5.97 Å². The Kier molecular flexibility index (Phi) is 3.94. The van der Waals surface area contributed by atoms with E-state index in [-0.39, 0.29) is 17.5 Å². The van der Waals surface area contributed by atoms with Crippen molar-refractivity contribution in [2.75, 3.05) is 14.2 Å². The number of esters is 1. The van der Waals surface area contributed by atoms with E-state index in [2.05, 4.69) is 0 Å². The number of fused-ring (bicyclic) bond motifs is 1. The molecular weight excluding hydrogens is 296 g/mol. The predicted octanol–water partition coefficient (Wildman–Crippen LogP) is 3.30. The molecule has 3 rings (SSSR count). The standard InChI is InChI=1S/C18H18O5/c1-10-16-14(19)8-12(11-4-6-13(21-2)7-5-11)9-15(16)23-17(10)18(20)22-3/h4-7,12H,8-9H2,1-3H3/t12-/m0/s1. The molecule has 5 nitrogen and oxygen atoms in total. The van der Waals surface area contributed by atoms with E-state index in [9.17, 15) is 9.59 Å². The zero-order valence-electron chi connectivity index (χ0n) is 13.3. The Morgan fingerprint density at radius 3 is 2.48 bits per heavy atom. The summed E-state index contributed by atoms with van der Waals surface area (Å²) in [6, 6.07) is 7.67. The topological polar surface area (TPSA) is 65.7 Å². The molecule has 0 N–H and O–H groups in total. The molecule has 0 aliphatic heterocycles. The van der Waals surface area contributed by atoms with E-state index in [0.29, 0.717) is 29.7 Å². The van der Waals surface area contributed by atoms with E-state index in [1.807, 2.05) is 24.3 Å². The monoisotopic (exact) mass is 314 g/mol. The average Bonchev–Trinajstić information content (AvgIpc) is 2.91. The molecule has 1 aromatic carbocycles. The highest BCUT2D eigenvalue weighted by atomic mass is 16.5. The summed E-state index contributed by atoms with van der Waals surface area (Å²) < 4.78 is 15.5. The Morgan fingerprint density at radius 2 is 1.87 bits per heavy atom. The molecule has 120 valence electrons. The SMILES string of the molecule is COC(=O)c1oc2c(c1C)C(=O)C[C@H](c1ccc(OC)cc1)C2. The number of rotatable bonds is 3. The van der Waals surface area contributed by atoms with Crippen molar-refractivity contribution in [1.82, 2.24) is 0 Å². The molecule has 2 aromatic rings. The fraction of sp³-hybridized carbons (Fsp3) is 0.333. The van der Waals surface area contributed by atoms with Crippen LogP contribution in [0.1, 0.15) is 50.1 Å². The van der Waals surface area contributed by atoms with E-state index in [4.69, 9.17) is 13.9 Å². The number of hydrogen-bond donors (Lipinski definition) is 0. The highest BCUT2D eigenvalue weighted by Gasteiger charge is 2.34. The summed E-state index contributed by atoms with van der Waals surface area (Å²) in [5.41, 5.74) is 2.17. The van der Waals surface area contributed by atoms with Crippen LogP contribution in [0.5, 0.6) is 5.75 Å².